The largest absolute Gasteiger partial charge is 0.481 e. The third-order valence-corrected chi connectivity index (χ3v) is 2.81. The molecule has 1 amide bonds. The number of carbonyl (C=O) groups excluding carboxylic acids is 1. The van der Waals surface area contributed by atoms with Gasteiger partial charge in [0.15, 0.2) is 0 Å². The van der Waals surface area contributed by atoms with Gasteiger partial charge in [0.05, 0.1) is 12.9 Å². The standard InChI is InChI=1S/C16H15NO4/c1-2-9-20-13-7-5-12(6-8-13)16(19)17-14(11-18)15-4-3-10-21-15/h1,3-8,10,14,18H,9,11H2,(H,17,19). The Morgan fingerprint density at radius 2 is 2.14 bits per heavy atom. The molecule has 2 rings (SSSR count). The Morgan fingerprint density at radius 1 is 1.38 bits per heavy atom. The summed E-state index contributed by atoms with van der Waals surface area (Å²) in [4.78, 5) is 12.1. The summed E-state index contributed by atoms with van der Waals surface area (Å²) >= 11 is 0. The van der Waals surface area contributed by atoms with Gasteiger partial charge in [0, 0.05) is 5.56 Å². The smallest absolute Gasteiger partial charge is 0.251 e. The van der Waals surface area contributed by atoms with E-state index in [-0.39, 0.29) is 19.1 Å². The number of hydrogen-bond acceptors (Lipinski definition) is 4. The van der Waals surface area contributed by atoms with Crippen LogP contribution in [-0.2, 0) is 0 Å². The zero-order valence-corrected chi connectivity index (χ0v) is 11.3. The second-order valence-electron chi connectivity index (χ2n) is 4.24. The van der Waals surface area contributed by atoms with Crippen molar-refractivity contribution in [3.8, 4) is 18.1 Å². The lowest BCUT2D eigenvalue weighted by Gasteiger charge is -2.14. The molecule has 1 unspecified atom stereocenters. The Morgan fingerprint density at radius 3 is 2.71 bits per heavy atom. The van der Waals surface area contributed by atoms with Gasteiger partial charge in [0.2, 0.25) is 0 Å². The maximum Gasteiger partial charge on any atom is 0.251 e. The van der Waals surface area contributed by atoms with Crippen LogP contribution in [-0.4, -0.2) is 24.2 Å². The molecule has 0 saturated heterocycles. The van der Waals surface area contributed by atoms with Crippen molar-refractivity contribution in [3.63, 3.8) is 0 Å². The van der Waals surface area contributed by atoms with Gasteiger partial charge < -0.3 is 19.6 Å². The van der Waals surface area contributed by atoms with Crippen LogP contribution in [0.5, 0.6) is 5.75 Å². The van der Waals surface area contributed by atoms with E-state index in [4.69, 9.17) is 15.6 Å². The maximum atomic E-state index is 12.1. The van der Waals surface area contributed by atoms with Gasteiger partial charge in [-0.3, -0.25) is 4.79 Å². The van der Waals surface area contributed by atoms with E-state index in [1.165, 1.54) is 6.26 Å². The van der Waals surface area contributed by atoms with Crippen molar-refractivity contribution in [2.24, 2.45) is 0 Å². The quantitative estimate of drug-likeness (QED) is 0.793. The summed E-state index contributed by atoms with van der Waals surface area (Å²) in [5.41, 5.74) is 0.452. The molecular formula is C16H15NO4. The molecule has 0 radical (unpaired) electrons. The summed E-state index contributed by atoms with van der Waals surface area (Å²) in [5.74, 6) is 3.14. The number of furan rings is 1. The van der Waals surface area contributed by atoms with E-state index < -0.39 is 6.04 Å². The molecule has 0 spiro atoms. The summed E-state index contributed by atoms with van der Waals surface area (Å²) in [5, 5.41) is 12.0. The van der Waals surface area contributed by atoms with Crippen molar-refractivity contribution in [2.75, 3.05) is 13.2 Å². The molecule has 1 heterocycles. The first-order valence-corrected chi connectivity index (χ1v) is 6.36. The first-order chi connectivity index (χ1) is 10.2. The molecule has 1 aromatic carbocycles. The monoisotopic (exact) mass is 285 g/mol. The van der Waals surface area contributed by atoms with Crippen molar-refractivity contribution in [1.29, 1.82) is 0 Å². The van der Waals surface area contributed by atoms with E-state index in [1.54, 1.807) is 36.4 Å². The van der Waals surface area contributed by atoms with E-state index >= 15 is 0 Å². The van der Waals surface area contributed by atoms with Crippen molar-refractivity contribution >= 4 is 5.91 Å². The Balaban J connectivity index is 2.01. The summed E-state index contributed by atoms with van der Waals surface area (Å²) in [6.07, 6.45) is 6.59. The molecule has 1 atom stereocenters. The van der Waals surface area contributed by atoms with Crippen LogP contribution < -0.4 is 10.1 Å². The van der Waals surface area contributed by atoms with Crippen LogP contribution in [0.1, 0.15) is 22.2 Å². The number of ether oxygens (including phenoxy) is 1. The number of terminal acetylenes is 1. The average molecular weight is 285 g/mol. The predicted octanol–water partition coefficient (Wildman–Crippen LogP) is 1.75. The fraction of sp³-hybridized carbons (Fsp3) is 0.188. The molecular weight excluding hydrogens is 270 g/mol. The van der Waals surface area contributed by atoms with Gasteiger partial charge in [-0.05, 0) is 36.4 Å². The summed E-state index contributed by atoms with van der Waals surface area (Å²) in [6.45, 7) is -0.0702. The van der Waals surface area contributed by atoms with Crippen LogP contribution in [0.15, 0.2) is 47.1 Å². The van der Waals surface area contributed by atoms with Crippen molar-refractivity contribution in [3.05, 3.63) is 54.0 Å². The average Bonchev–Trinajstić information content (AvgIpc) is 3.05. The van der Waals surface area contributed by atoms with Crippen LogP contribution >= 0.6 is 0 Å². The van der Waals surface area contributed by atoms with Crippen LogP contribution in [0.2, 0.25) is 0 Å². The van der Waals surface area contributed by atoms with Gasteiger partial charge >= 0.3 is 0 Å². The molecule has 0 saturated carbocycles. The predicted molar refractivity (Wildman–Crippen MR) is 76.8 cm³/mol. The van der Waals surface area contributed by atoms with Gasteiger partial charge in [-0.1, -0.05) is 5.92 Å². The fourth-order valence-electron chi connectivity index (χ4n) is 1.77. The van der Waals surface area contributed by atoms with Crippen LogP contribution in [0.3, 0.4) is 0 Å². The summed E-state index contributed by atoms with van der Waals surface area (Å²) < 4.78 is 10.4. The molecule has 0 aliphatic heterocycles. The number of hydrogen-bond donors (Lipinski definition) is 2. The lowest BCUT2D eigenvalue weighted by atomic mass is 10.1. The van der Waals surface area contributed by atoms with E-state index in [0.29, 0.717) is 17.1 Å². The molecule has 0 bridgehead atoms. The molecule has 5 heteroatoms. The van der Waals surface area contributed by atoms with Crippen molar-refractivity contribution in [2.45, 2.75) is 6.04 Å². The normalized spacial score (nSPS) is 11.4. The van der Waals surface area contributed by atoms with Gasteiger partial charge in [-0.15, -0.1) is 6.42 Å². The third-order valence-electron chi connectivity index (χ3n) is 2.81. The lowest BCUT2D eigenvalue weighted by molar-refractivity contribution is 0.0907. The fourth-order valence-corrected chi connectivity index (χ4v) is 1.77. The van der Waals surface area contributed by atoms with Gasteiger partial charge in [-0.2, -0.15) is 0 Å². The van der Waals surface area contributed by atoms with Crippen LogP contribution in [0.25, 0.3) is 0 Å². The Bertz CT molecular complexity index is 611. The molecule has 5 nitrogen and oxygen atoms in total. The zero-order valence-electron chi connectivity index (χ0n) is 11.3. The highest BCUT2D eigenvalue weighted by Gasteiger charge is 2.17. The number of benzene rings is 1. The molecule has 0 aliphatic carbocycles. The number of aliphatic hydroxyl groups excluding tert-OH is 1. The summed E-state index contributed by atoms with van der Waals surface area (Å²) in [7, 11) is 0. The number of amides is 1. The maximum absolute atomic E-state index is 12.1. The van der Waals surface area contributed by atoms with Gasteiger partial charge in [0.25, 0.3) is 5.91 Å². The number of nitrogens with one attached hydrogen (secondary N) is 1. The van der Waals surface area contributed by atoms with E-state index in [1.807, 2.05) is 0 Å². The van der Waals surface area contributed by atoms with Crippen molar-refractivity contribution in [1.82, 2.24) is 5.32 Å². The lowest BCUT2D eigenvalue weighted by Crippen LogP contribution is -2.30. The molecule has 2 aromatic rings. The molecule has 108 valence electrons. The van der Waals surface area contributed by atoms with Crippen molar-refractivity contribution < 1.29 is 19.1 Å². The first-order valence-electron chi connectivity index (χ1n) is 6.36. The first kappa shape index (κ1) is 14.7. The summed E-state index contributed by atoms with van der Waals surface area (Å²) in [6, 6.07) is 9.37. The van der Waals surface area contributed by atoms with E-state index in [2.05, 4.69) is 11.2 Å². The SMILES string of the molecule is C#CCOc1ccc(C(=O)NC(CO)c2ccco2)cc1. The molecule has 21 heavy (non-hydrogen) atoms. The highest BCUT2D eigenvalue weighted by molar-refractivity contribution is 5.94. The van der Waals surface area contributed by atoms with Gasteiger partial charge in [-0.25, -0.2) is 0 Å². The second-order valence-corrected chi connectivity index (χ2v) is 4.24. The zero-order chi connectivity index (χ0) is 15.1. The molecule has 0 fully saturated rings. The number of rotatable bonds is 6. The number of aliphatic hydroxyl groups is 1. The molecule has 2 N–H and O–H groups in total. The topological polar surface area (TPSA) is 71.7 Å². The van der Waals surface area contributed by atoms with E-state index in [0.717, 1.165) is 0 Å². The van der Waals surface area contributed by atoms with Gasteiger partial charge in [0.1, 0.15) is 24.2 Å². The van der Waals surface area contributed by atoms with Crippen LogP contribution in [0.4, 0.5) is 0 Å². The van der Waals surface area contributed by atoms with E-state index in [9.17, 15) is 9.90 Å². The highest BCUT2D eigenvalue weighted by Crippen LogP contribution is 2.15. The third kappa shape index (κ3) is 3.88. The molecule has 0 aliphatic rings. The minimum Gasteiger partial charge on any atom is -0.481 e. The minimum absolute atomic E-state index is 0.177. The molecule has 1 aromatic heterocycles. The Labute approximate surface area is 122 Å². The Hall–Kier alpha value is -2.71. The Kier molecular flexibility index (Phi) is 5.02. The van der Waals surface area contributed by atoms with Crippen LogP contribution in [0, 0.1) is 12.3 Å². The highest BCUT2D eigenvalue weighted by atomic mass is 16.5. The second kappa shape index (κ2) is 7.17. The number of carbonyl (C=O) groups is 1. The minimum atomic E-state index is -0.579.